The number of rotatable bonds is 10. The van der Waals surface area contributed by atoms with Crippen LogP contribution in [0.5, 0.6) is 0 Å². The Bertz CT molecular complexity index is 763. The third-order valence-electron chi connectivity index (χ3n) is 8.35. The van der Waals surface area contributed by atoms with Crippen molar-refractivity contribution < 1.29 is 32.7 Å². The molecular formula is C23H39N2O7P. The molecule has 0 aliphatic carbocycles. The lowest BCUT2D eigenvalue weighted by molar-refractivity contribution is -0.165. The van der Waals surface area contributed by atoms with Crippen LogP contribution in [0.15, 0.2) is 0 Å². The maximum atomic E-state index is 13.4. The lowest BCUT2D eigenvalue weighted by Crippen LogP contribution is -2.72. The maximum absolute atomic E-state index is 13.4. The SMILES string of the molecule is COC[C@]1(COP(C)(=O)OC[C@@]2(COC)C(=O)[C@H]3CCN2[C@H](C)C3)C(=O)C2CCN1[C@H](C)C2. The van der Waals surface area contributed by atoms with E-state index in [1.165, 1.54) is 6.66 Å². The molecule has 6 aliphatic rings. The van der Waals surface area contributed by atoms with E-state index in [4.69, 9.17) is 18.5 Å². The maximum Gasteiger partial charge on any atom is 0.327 e. The van der Waals surface area contributed by atoms with E-state index in [0.29, 0.717) is 0 Å². The molecule has 0 radical (unpaired) electrons. The van der Waals surface area contributed by atoms with E-state index in [0.717, 1.165) is 38.8 Å². The molecule has 0 aromatic carbocycles. The molecule has 0 saturated carbocycles. The van der Waals surface area contributed by atoms with Crippen LogP contribution in [0.25, 0.3) is 0 Å². The molecule has 4 unspecified atom stereocenters. The van der Waals surface area contributed by atoms with Crippen LogP contribution < -0.4 is 0 Å². The zero-order chi connectivity index (χ0) is 24.0. The van der Waals surface area contributed by atoms with Crippen LogP contribution in [0.2, 0.25) is 0 Å². The summed E-state index contributed by atoms with van der Waals surface area (Å²) < 4.78 is 36.0. The molecule has 6 fully saturated rings. The zero-order valence-corrected chi connectivity index (χ0v) is 21.5. The molecule has 6 rings (SSSR count). The highest BCUT2D eigenvalue weighted by Gasteiger charge is 2.58. The van der Waals surface area contributed by atoms with E-state index in [1.54, 1.807) is 14.2 Å². The van der Waals surface area contributed by atoms with Crippen molar-refractivity contribution in [2.45, 2.75) is 62.7 Å². The molecule has 10 heteroatoms. The number of ketones is 2. The van der Waals surface area contributed by atoms with Crippen LogP contribution >= 0.6 is 7.60 Å². The van der Waals surface area contributed by atoms with Gasteiger partial charge in [-0.3, -0.25) is 24.0 Å². The summed E-state index contributed by atoms with van der Waals surface area (Å²) in [5.74, 6) is 0.166. The van der Waals surface area contributed by atoms with Gasteiger partial charge in [0.15, 0.2) is 11.6 Å². The number of hydrogen-bond acceptors (Lipinski definition) is 9. The van der Waals surface area contributed by atoms with Crippen molar-refractivity contribution in [2.75, 3.05) is 60.4 Å². The number of fused-ring (bicyclic) bond motifs is 6. The third kappa shape index (κ3) is 4.28. The molecule has 6 aliphatic heterocycles. The van der Waals surface area contributed by atoms with Crippen molar-refractivity contribution in [1.29, 1.82) is 0 Å². The van der Waals surface area contributed by atoms with Crippen molar-refractivity contribution in [1.82, 2.24) is 9.80 Å². The van der Waals surface area contributed by atoms with Gasteiger partial charge < -0.3 is 18.5 Å². The summed E-state index contributed by atoms with van der Waals surface area (Å²) in [6.07, 6.45) is 3.35. The molecule has 0 amide bonds. The second-order valence-corrected chi connectivity index (χ2v) is 12.6. The van der Waals surface area contributed by atoms with Crippen molar-refractivity contribution in [3.63, 3.8) is 0 Å². The molecule has 33 heavy (non-hydrogen) atoms. The number of hydrogen-bond donors (Lipinski definition) is 0. The minimum atomic E-state index is -3.56. The van der Waals surface area contributed by atoms with E-state index in [-0.39, 0.29) is 61.9 Å². The van der Waals surface area contributed by atoms with Gasteiger partial charge >= 0.3 is 7.60 Å². The smallest absolute Gasteiger partial charge is 0.327 e. The minimum absolute atomic E-state index is 0.0180. The molecule has 0 N–H and O–H groups in total. The molecule has 6 saturated heterocycles. The fraction of sp³-hybridized carbons (Fsp3) is 0.913. The summed E-state index contributed by atoms with van der Waals surface area (Å²) in [5.41, 5.74) is -1.90. The van der Waals surface area contributed by atoms with Crippen molar-refractivity contribution >= 4 is 19.2 Å². The molecule has 0 spiro atoms. The normalized spacial score (nSPS) is 44.3. The first-order valence-electron chi connectivity index (χ1n) is 12.1. The molecule has 9 nitrogen and oxygen atoms in total. The molecular weight excluding hydrogens is 447 g/mol. The lowest BCUT2D eigenvalue weighted by atomic mass is 9.71. The summed E-state index contributed by atoms with van der Waals surface area (Å²) in [6.45, 7) is 7.49. The molecule has 188 valence electrons. The zero-order valence-electron chi connectivity index (χ0n) is 20.6. The van der Waals surface area contributed by atoms with Crippen molar-refractivity contribution in [3.8, 4) is 0 Å². The van der Waals surface area contributed by atoms with E-state index >= 15 is 0 Å². The fourth-order valence-corrected chi connectivity index (χ4v) is 7.77. The molecule has 0 aromatic rings. The Morgan fingerprint density at radius 2 is 1.21 bits per heavy atom. The number of piperidine rings is 6. The Morgan fingerprint density at radius 1 is 0.818 bits per heavy atom. The molecule has 4 bridgehead atoms. The fourth-order valence-electron chi connectivity index (χ4n) is 6.80. The van der Waals surface area contributed by atoms with Crippen LogP contribution in [0.4, 0.5) is 0 Å². The van der Waals surface area contributed by atoms with Gasteiger partial charge in [-0.05, 0) is 39.5 Å². The average Bonchev–Trinajstić information content (AvgIpc) is 2.77. The van der Waals surface area contributed by atoms with Gasteiger partial charge in [0.25, 0.3) is 0 Å². The topological polar surface area (TPSA) is 94.6 Å². The Morgan fingerprint density at radius 3 is 1.55 bits per heavy atom. The predicted octanol–water partition coefficient (Wildman–Crippen LogP) is 1.98. The first-order chi connectivity index (χ1) is 15.6. The number of methoxy groups -OCH3 is 2. The average molecular weight is 487 g/mol. The van der Waals surface area contributed by atoms with Gasteiger partial charge in [-0.2, -0.15) is 0 Å². The highest BCUT2D eigenvalue weighted by atomic mass is 31.2. The van der Waals surface area contributed by atoms with Gasteiger partial charge in [0.05, 0.1) is 26.4 Å². The Hall–Kier alpha value is -0.670. The van der Waals surface area contributed by atoms with Crippen molar-refractivity contribution in [3.05, 3.63) is 0 Å². The Balaban J connectivity index is 1.48. The monoisotopic (exact) mass is 486 g/mol. The standard InChI is InChI=1S/C23H39N2O7P/c1-16-10-18-6-8-24(16)22(12-29-3,20(18)26)14-31-33(5,28)32-15-23(13-30-4)21(27)19-7-9-25(23)17(2)11-19/h16-19H,6-15H2,1-5H3/t16-,17-,18+,19?,22+,23+,33?/m1/s1. The third-order valence-corrected chi connectivity index (χ3v) is 9.55. The van der Waals surface area contributed by atoms with Crippen molar-refractivity contribution in [2.24, 2.45) is 11.8 Å². The van der Waals surface area contributed by atoms with Crippen LogP contribution in [0, 0.1) is 11.8 Å². The summed E-state index contributed by atoms with van der Waals surface area (Å²) in [5, 5.41) is 0. The lowest BCUT2D eigenvalue weighted by Gasteiger charge is -2.56. The first-order valence-corrected chi connectivity index (χ1v) is 14.1. The number of ether oxygens (including phenoxy) is 2. The van der Waals surface area contributed by atoms with E-state index in [9.17, 15) is 14.2 Å². The second-order valence-electron chi connectivity index (χ2n) is 10.5. The van der Waals surface area contributed by atoms with Crippen LogP contribution in [0.1, 0.15) is 39.5 Å². The summed E-state index contributed by atoms with van der Waals surface area (Å²) in [4.78, 5) is 30.8. The predicted molar refractivity (Wildman–Crippen MR) is 122 cm³/mol. The van der Waals surface area contributed by atoms with E-state index in [1.807, 2.05) is 0 Å². The number of Topliss-reactive ketones (excluding diaryl/α,β-unsaturated/α-hetero) is 2. The Labute approximate surface area is 197 Å². The van der Waals surface area contributed by atoms with Crippen LogP contribution in [-0.4, -0.2) is 105 Å². The Kier molecular flexibility index (Phi) is 7.25. The number of carbonyl (C=O) groups excluding carboxylic acids is 2. The summed E-state index contributed by atoms with van der Waals surface area (Å²) in [6, 6.07) is 0.457. The molecule has 0 aromatic heterocycles. The van der Waals surface area contributed by atoms with E-state index < -0.39 is 18.7 Å². The van der Waals surface area contributed by atoms with Gasteiger partial charge in [-0.25, -0.2) is 0 Å². The molecule has 6 heterocycles. The van der Waals surface area contributed by atoms with E-state index in [2.05, 4.69) is 23.6 Å². The van der Waals surface area contributed by atoms with Gasteiger partial charge in [-0.15, -0.1) is 0 Å². The first kappa shape index (κ1) is 25.4. The highest BCUT2D eigenvalue weighted by molar-refractivity contribution is 7.52. The molecule has 9 atom stereocenters. The second kappa shape index (κ2) is 9.41. The summed E-state index contributed by atoms with van der Waals surface area (Å²) >= 11 is 0. The van der Waals surface area contributed by atoms with Crippen LogP contribution in [-0.2, 0) is 32.7 Å². The number of carbonyl (C=O) groups is 2. The van der Waals surface area contributed by atoms with Gasteiger partial charge in [0, 0.05) is 57.9 Å². The van der Waals surface area contributed by atoms with Crippen LogP contribution in [0.3, 0.4) is 0 Å². The summed E-state index contributed by atoms with van der Waals surface area (Å²) in [7, 11) is -0.427. The quantitative estimate of drug-likeness (QED) is 0.430. The highest BCUT2D eigenvalue weighted by Crippen LogP contribution is 2.50. The van der Waals surface area contributed by atoms with Gasteiger partial charge in [0.2, 0.25) is 0 Å². The minimum Gasteiger partial charge on any atom is -0.382 e. The largest absolute Gasteiger partial charge is 0.382 e. The van der Waals surface area contributed by atoms with Gasteiger partial charge in [-0.1, -0.05) is 0 Å². The number of nitrogens with zero attached hydrogens (tertiary/aromatic N) is 2. The van der Waals surface area contributed by atoms with Gasteiger partial charge in [0.1, 0.15) is 11.1 Å².